The molecule has 4 nitrogen and oxygen atoms in total. The summed E-state index contributed by atoms with van der Waals surface area (Å²) in [6.45, 7) is 3.15. The van der Waals surface area contributed by atoms with Gasteiger partial charge in [-0.05, 0) is 31.5 Å². The van der Waals surface area contributed by atoms with Gasteiger partial charge in [-0.2, -0.15) is 13.2 Å². The Morgan fingerprint density at radius 1 is 1.35 bits per heavy atom. The molecule has 0 saturated heterocycles. The molecule has 1 aromatic rings. The van der Waals surface area contributed by atoms with Crippen LogP contribution < -0.4 is 5.32 Å². The number of hydrogen-bond acceptors (Lipinski definition) is 3. The van der Waals surface area contributed by atoms with Gasteiger partial charge in [0.2, 0.25) is 0 Å². The van der Waals surface area contributed by atoms with Crippen LogP contribution in [0, 0.1) is 0 Å². The van der Waals surface area contributed by atoms with Crippen LogP contribution in [-0.2, 0) is 6.18 Å². The highest BCUT2D eigenvalue weighted by atomic mass is 19.4. The molecule has 20 heavy (non-hydrogen) atoms. The van der Waals surface area contributed by atoms with Gasteiger partial charge in [0.15, 0.2) is 0 Å². The Morgan fingerprint density at radius 3 is 2.35 bits per heavy atom. The van der Waals surface area contributed by atoms with E-state index >= 15 is 0 Å². The van der Waals surface area contributed by atoms with Gasteiger partial charge in [-0.1, -0.05) is 6.92 Å². The van der Waals surface area contributed by atoms with E-state index in [2.05, 4.69) is 5.32 Å². The maximum atomic E-state index is 12.6. The van der Waals surface area contributed by atoms with E-state index in [-0.39, 0.29) is 12.3 Å². The van der Waals surface area contributed by atoms with Gasteiger partial charge >= 0.3 is 12.1 Å². The van der Waals surface area contributed by atoms with Crippen molar-refractivity contribution in [2.75, 3.05) is 11.9 Å². The molecule has 0 aliphatic rings. The van der Waals surface area contributed by atoms with E-state index in [0.29, 0.717) is 12.5 Å². The van der Waals surface area contributed by atoms with E-state index in [9.17, 15) is 23.1 Å². The average molecular weight is 291 g/mol. The zero-order valence-electron chi connectivity index (χ0n) is 11.1. The largest absolute Gasteiger partial charge is 0.478 e. The normalized spacial score (nSPS) is 14.7. The van der Waals surface area contributed by atoms with E-state index in [0.717, 1.165) is 12.1 Å². The SMILES string of the molecule is CCC(C)(CO)Nc1ccc(C(F)(F)F)cc1C(=O)O. The van der Waals surface area contributed by atoms with Crippen molar-refractivity contribution in [2.24, 2.45) is 0 Å². The van der Waals surface area contributed by atoms with E-state index in [4.69, 9.17) is 5.11 Å². The van der Waals surface area contributed by atoms with Crippen LogP contribution in [0.15, 0.2) is 18.2 Å². The van der Waals surface area contributed by atoms with Crippen LogP contribution in [0.25, 0.3) is 0 Å². The molecule has 1 rings (SSSR count). The molecule has 0 spiro atoms. The Labute approximate surface area is 114 Å². The summed E-state index contributed by atoms with van der Waals surface area (Å²) in [7, 11) is 0. The van der Waals surface area contributed by atoms with Gasteiger partial charge in [-0.3, -0.25) is 0 Å². The number of aromatic carboxylic acids is 1. The summed E-state index contributed by atoms with van der Waals surface area (Å²) in [6, 6.07) is 2.45. The number of halogens is 3. The van der Waals surface area contributed by atoms with E-state index in [1.807, 2.05) is 0 Å². The van der Waals surface area contributed by atoms with Crippen LogP contribution in [-0.4, -0.2) is 28.3 Å². The Morgan fingerprint density at radius 2 is 1.95 bits per heavy atom. The summed E-state index contributed by atoms with van der Waals surface area (Å²) in [5.74, 6) is -1.46. The molecule has 0 aromatic heterocycles. The van der Waals surface area contributed by atoms with Gasteiger partial charge in [-0.15, -0.1) is 0 Å². The second-order valence-electron chi connectivity index (χ2n) is 4.76. The molecule has 0 amide bonds. The first-order valence-corrected chi connectivity index (χ1v) is 5.96. The molecule has 0 heterocycles. The smallest absolute Gasteiger partial charge is 0.416 e. The number of anilines is 1. The second-order valence-corrected chi connectivity index (χ2v) is 4.76. The van der Waals surface area contributed by atoms with Crippen LogP contribution >= 0.6 is 0 Å². The minimum absolute atomic E-state index is 0.0453. The molecule has 0 aliphatic carbocycles. The molecule has 7 heteroatoms. The van der Waals surface area contributed by atoms with Gasteiger partial charge in [-0.25, -0.2) is 4.79 Å². The highest BCUT2D eigenvalue weighted by molar-refractivity contribution is 5.94. The van der Waals surface area contributed by atoms with Crippen LogP contribution in [0.4, 0.5) is 18.9 Å². The van der Waals surface area contributed by atoms with Crippen LogP contribution in [0.1, 0.15) is 36.2 Å². The van der Waals surface area contributed by atoms with Crippen molar-refractivity contribution in [3.05, 3.63) is 29.3 Å². The number of aliphatic hydroxyl groups is 1. The number of benzene rings is 1. The fourth-order valence-electron chi connectivity index (χ4n) is 1.57. The number of aliphatic hydroxyl groups excluding tert-OH is 1. The molecule has 1 unspecified atom stereocenters. The third-order valence-corrected chi connectivity index (χ3v) is 3.14. The molecular weight excluding hydrogens is 275 g/mol. The first-order chi connectivity index (χ1) is 9.13. The first kappa shape index (κ1) is 16.3. The monoisotopic (exact) mass is 291 g/mol. The lowest BCUT2D eigenvalue weighted by atomic mass is 9.98. The first-order valence-electron chi connectivity index (χ1n) is 5.96. The van der Waals surface area contributed by atoms with Gasteiger partial charge < -0.3 is 15.5 Å². The zero-order chi connectivity index (χ0) is 15.6. The Hall–Kier alpha value is -1.76. The molecule has 0 bridgehead atoms. The van der Waals surface area contributed by atoms with Crippen molar-refractivity contribution in [1.29, 1.82) is 0 Å². The van der Waals surface area contributed by atoms with E-state index in [1.165, 1.54) is 0 Å². The van der Waals surface area contributed by atoms with Crippen molar-refractivity contribution in [1.82, 2.24) is 0 Å². The molecule has 1 atom stereocenters. The molecule has 1 aromatic carbocycles. The predicted octanol–water partition coefficient (Wildman–Crippen LogP) is 2.98. The number of carbonyl (C=O) groups is 1. The predicted molar refractivity (Wildman–Crippen MR) is 67.8 cm³/mol. The van der Waals surface area contributed by atoms with Crippen LogP contribution in [0.5, 0.6) is 0 Å². The number of nitrogens with one attached hydrogen (secondary N) is 1. The minimum Gasteiger partial charge on any atom is -0.478 e. The molecule has 0 saturated carbocycles. The van der Waals surface area contributed by atoms with E-state index < -0.39 is 28.8 Å². The lowest BCUT2D eigenvalue weighted by Crippen LogP contribution is -2.38. The number of alkyl halides is 3. The van der Waals surface area contributed by atoms with Gasteiger partial charge in [0.1, 0.15) is 0 Å². The lowest BCUT2D eigenvalue weighted by Gasteiger charge is -2.29. The number of carboxylic acid groups (broad SMARTS) is 1. The lowest BCUT2D eigenvalue weighted by molar-refractivity contribution is -0.137. The van der Waals surface area contributed by atoms with Crippen molar-refractivity contribution in [3.63, 3.8) is 0 Å². The Balaban J connectivity index is 3.25. The van der Waals surface area contributed by atoms with E-state index in [1.54, 1.807) is 13.8 Å². The fourth-order valence-corrected chi connectivity index (χ4v) is 1.57. The maximum absolute atomic E-state index is 12.6. The van der Waals surface area contributed by atoms with Crippen molar-refractivity contribution < 1.29 is 28.2 Å². The highest BCUT2D eigenvalue weighted by Gasteiger charge is 2.32. The summed E-state index contributed by atoms with van der Waals surface area (Å²) in [5, 5.41) is 21.1. The second kappa shape index (κ2) is 5.70. The van der Waals surface area contributed by atoms with Crippen molar-refractivity contribution >= 4 is 11.7 Å². The Kier molecular flexibility index (Phi) is 4.65. The van der Waals surface area contributed by atoms with Gasteiger partial charge in [0.05, 0.1) is 23.3 Å². The van der Waals surface area contributed by atoms with Crippen LogP contribution in [0.3, 0.4) is 0 Å². The summed E-state index contributed by atoms with van der Waals surface area (Å²) in [4.78, 5) is 11.1. The molecule has 3 N–H and O–H groups in total. The summed E-state index contributed by atoms with van der Waals surface area (Å²) < 4.78 is 37.7. The zero-order valence-corrected chi connectivity index (χ0v) is 11.1. The summed E-state index contributed by atoms with van der Waals surface area (Å²) in [6.07, 6.45) is -4.13. The molecule has 0 radical (unpaired) electrons. The van der Waals surface area contributed by atoms with Crippen molar-refractivity contribution in [2.45, 2.75) is 32.0 Å². The van der Waals surface area contributed by atoms with Crippen LogP contribution in [0.2, 0.25) is 0 Å². The van der Waals surface area contributed by atoms with Crippen molar-refractivity contribution in [3.8, 4) is 0 Å². The molecule has 0 aliphatic heterocycles. The standard InChI is InChI=1S/C13H16F3NO3/c1-3-12(2,7-18)17-10-5-4-8(13(14,15)16)6-9(10)11(19)20/h4-6,17-18H,3,7H2,1-2H3,(H,19,20). The quantitative estimate of drug-likeness (QED) is 0.780. The summed E-state index contributed by atoms with van der Waals surface area (Å²) in [5.41, 5.74) is -2.26. The highest BCUT2D eigenvalue weighted by Crippen LogP contribution is 2.32. The number of rotatable bonds is 5. The number of hydrogen-bond donors (Lipinski definition) is 3. The third-order valence-electron chi connectivity index (χ3n) is 3.14. The molecule has 0 fully saturated rings. The third kappa shape index (κ3) is 3.63. The maximum Gasteiger partial charge on any atom is 0.416 e. The summed E-state index contributed by atoms with van der Waals surface area (Å²) >= 11 is 0. The minimum atomic E-state index is -4.60. The van der Waals surface area contributed by atoms with Gasteiger partial charge in [0, 0.05) is 5.69 Å². The number of carboxylic acids is 1. The topological polar surface area (TPSA) is 69.6 Å². The van der Waals surface area contributed by atoms with Gasteiger partial charge in [0.25, 0.3) is 0 Å². The fraction of sp³-hybridized carbons (Fsp3) is 0.462. The molecular formula is C13H16F3NO3. The molecule has 112 valence electrons. The average Bonchev–Trinajstić information content (AvgIpc) is 2.37. The Bertz CT molecular complexity index is 496.